The van der Waals surface area contributed by atoms with E-state index in [0.717, 1.165) is 18.2 Å². The molecule has 0 aliphatic rings. The standard InChI is InChI=1S/C19H14ClF2N3O2S2/c20-15-3-1-2-4-17(15)24-19(28)23-13-6-8-14(9-7-13)29(26,27)25-18-11-12(21)5-10-16(18)22/h1-11,25H,(H2,23,24,28). The Morgan fingerprint density at radius 1 is 0.897 bits per heavy atom. The number of rotatable bonds is 5. The minimum atomic E-state index is -4.10. The molecular formula is C19H14ClF2N3O2S2. The highest BCUT2D eigenvalue weighted by atomic mass is 35.5. The number of para-hydroxylation sites is 1. The first kappa shape index (κ1) is 21.0. The van der Waals surface area contributed by atoms with Crippen molar-refractivity contribution >= 4 is 56.0 Å². The first-order valence-electron chi connectivity index (χ1n) is 8.15. The van der Waals surface area contributed by atoms with Crippen LogP contribution in [0.25, 0.3) is 0 Å². The van der Waals surface area contributed by atoms with Gasteiger partial charge in [0.2, 0.25) is 0 Å². The van der Waals surface area contributed by atoms with Gasteiger partial charge in [-0.2, -0.15) is 0 Å². The number of halogens is 3. The molecule has 3 rings (SSSR count). The van der Waals surface area contributed by atoms with Crippen LogP contribution in [0.5, 0.6) is 0 Å². The Bertz CT molecular complexity index is 1160. The molecule has 29 heavy (non-hydrogen) atoms. The van der Waals surface area contributed by atoms with E-state index in [2.05, 4.69) is 10.6 Å². The number of anilines is 3. The molecule has 0 heterocycles. The molecule has 3 aromatic carbocycles. The summed E-state index contributed by atoms with van der Waals surface area (Å²) in [5.41, 5.74) is 0.662. The van der Waals surface area contributed by atoms with Crippen molar-refractivity contribution in [2.45, 2.75) is 4.90 Å². The Balaban J connectivity index is 1.70. The molecule has 0 atom stereocenters. The Kier molecular flexibility index (Phi) is 6.31. The Morgan fingerprint density at radius 3 is 2.28 bits per heavy atom. The zero-order chi connectivity index (χ0) is 21.0. The zero-order valence-corrected chi connectivity index (χ0v) is 17.0. The van der Waals surface area contributed by atoms with Crippen molar-refractivity contribution in [2.75, 3.05) is 15.4 Å². The van der Waals surface area contributed by atoms with Gasteiger partial charge in [-0.1, -0.05) is 23.7 Å². The lowest BCUT2D eigenvalue weighted by Crippen LogP contribution is -2.19. The van der Waals surface area contributed by atoms with E-state index in [-0.39, 0.29) is 10.0 Å². The maximum atomic E-state index is 13.7. The largest absolute Gasteiger partial charge is 0.332 e. The Hall–Kier alpha value is -2.75. The van der Waals surface area contributed by atoms with Gasteiger partial charge < -0.3 is 10.6 Å². The number of hydrogen-bond donors (Lipinski definition) is 3. The third-order valence-electron chi connectivity index (χ3n) is 3.72. The summed E-state index contributed by atoms with van der Waals surface area (Å²) in [4.78, 5) is -0.128. The number of benzene rings is 3. The van der Waals surface area contributed by atoms with Crippen LogP contribution in [0.4, 0.5) is 25.8 Å². The molecule has 0 aliphatic heterocycles. The molecular weight excluding hydrogens is 440 g/mol. The fraction of sp³-hybridized carbons (Fsp3) is 0. The van der Waals surface area contributed by atoms with Crippen molar-refractivity contribution in [3.8, 4) is 0 Å². The molecule has 0 saturated carbocycles. The van der Waals surface area contributed by atoms with Crippen LogP contribution in [0, 0.1) is 11.6 Å². The van der Waals surface area contributed by atoms with Gasteiger partial charge in [-0.15, -0.1) is 0 Å². The van der Waals surface area contributed by atoms with E-state index < -0.39 is 27.3 Å². The van der Waals surface area contributed by atoms with E-state index in [9.17, 15) is 17.2 Å². The molecule has 5 nitrogen and oxygen atoms in total. The average Bonchev–Trinajstić information content (AvgIpc) is 2.67. The maximum Gasteiger partial charge on any atom is 0.261 e. The van der Waals surface area contributed by atoms with Gasteiger partial charge in [0.15, 0.2) is 5.11 Å². The number of hydrogen-bond acceptors (Lipinski definition) is 3. The molecule has 3 N–H and O–H groups in total. The van der Waals surface area contributed by atoms with E-state index in [4.69, 9.17) is 23.8 Å². The monoisotopic (exact) mass is 453 g/mol. The van der Waals surface area contributed by atoms with Gasteiger partial charge in [-0.3, -0.25) is 4.72 Å². The molecule has 0 aromatic heterocycles. The van der Waals surface area contributed by atoms with Gasteiger partial charge in [-0.25, -0.2) is 17.2 Å². The van der Waals surface area contributed by atoms with Crippen LogP contribution in [-0.2, 0) is 10.0 Å². The fourth-order valence-electron chi connectivity index (χ4n) is 2.34. The third kappa shape index (κ3) is 5.41. The molecule has 150 valence electrons. The van der Waals surface area contributed by atoms with E-state index in [1.807, 2.05) is 4.72 Å². The van der Waals surface area contributed by atoms with Gasteiger partial charge in [0, 0.05) is 11.8 Å². The number of sulfonamides is 1. The molecule has 3 aromatic rings. The van der Waals surface area contributed by atoms with Gasteiger partial charge in [0.25, 0.3) is 10.0 Å². The third-order valence-corrected chi connectivity index (χ3v) is 5.63. The summed E-state index contributed by atoms with van der Waals surface area (Å²) in [6, 6.07) is 15.1. The molecule has 0 spiro atoms. The highest BCUT2D eigenvalue weighted by molar-refractivity contribution is 7.92. The Morgan fingerprint density at radius 2 is 1.59 bits per heavy atom. The first-order valence-corrected chi connectivity index (χ1v) is 10.4. The van der Waals surface area contributed by atoms with E-state index >= 15 is 0 Å². The molecule has 0 unspecified atom stereocenters. The summed E-state index contributed by atoms with van der Waals surface area (Å²) in [5, 5.41) is 6.58. The normalized spacial score (nSPS) is 11.0. The van der Waals surface area contributed by atoms with E-state index in [1.165, 1.54) is 24.3 Å². The SMILES string of the molecule is O=S(=O)(Nc1cc(F)ccc1F)c1ccc(NC(=S)Nc2ccccc2Cl)cc1. The van der Waals surface area contributed by atoms with Crippen molar-refractivity contribution in [1.29, 1.82) is 0 Å². The van der Waals surface area contributed by atoms with Crippen molar-refractivity contribution in [2.24, 2.45) is 0 Å². The fourth-order valence-corrected chi connectivity index (χ4v) is 3.81. The molecule has 0 radical (unpaired) electrons. The Labute approximate surface area is 176 Å². The highest BCUT2D eigenvalue weighted by Gasteiger charge is 2.17. The summed E-state index contributed by atoms with van der Waals surface area (Å²) in [6.45, 7) is 0. The molecule has 10 heteroatoms. The van der Waals surface area contributed by atoms with Crippen LogP contribution in [0.3, 0.4) is 0 Å². The summed E-state index contributed by atoms with van der Waals surface area (Å²) in [7, 11) is -4.10. The zero-order valence-electron chi connectivity index (χ0n) is 14.6. The minimum Gasteiger partial charge on any atom is -0.332 e. The van der Waals surface area contributed by atoms with Crippen LogP contribution < -0.4 is 15.4 Å². The van der Waals surface area contributed by atoms with Gasteiger partial charge >= 0.3 is 0 Å². The van der Waals surface area contributed by atoms with Gasteiger partial charge in [0.1, 0.15) is 11.6 Å². The summed E-state index contributed by atoms with van der Waals surface area (Å²) < 4.78 is 53.8. The van der Waals surface area contributed by atoms with Gasteiger partial charge in [-0.05, 0) is 60.7 Å². The topological polar surface area (TPSA) is 70.2 Å². The first-order chi connectivity index (χ1) is 13.7. The molecule has 0 fully saturated rings. The van der Waals surface area contributed by atoms with Crippen LogP contribution in [0.15, 0.2) is 71.6 Å². The van der Waals surface area contributed by atoms with Gasteiger partial charge in [0.05, 0.1) is 21.3 Å². The second-order valence-electron chi connectivity index (χ2n) is 5.81. The van der Waals surface area contributed by atoms with Crippen molar-refractivity contribution in [3.63, 3.8) is 0 Å². The maximum absolute atomic E-state index is 13.7. The number of thiocarbonyl (C=S) groups is 1. The van der Waals surface area contributed by atoms with Crippen LogP contribution in [0.2, 0.25) is 5.02 Å². The molecule has 0 bridgehead atoms. The summed E-state index contributed by atoms with van der Waals surface area (Å²) in [6.07, 6.45) is 0. The smallest absolute Gasteiger partial charge is 0.261 e. The molecule has 0 aliphatic carbocycles. The molecule has 0 amide bonds. The summed E-state index contributed by atoms with van der Waals surface area (Å²) >= 11 is 11.3. The van der Waals surface area contributed by atoms with E-state index in [0.29, 0.717) is 16.4 Å². The summed E-state index contributed by atoms with van der Waals surface area (Å²) in [5.74, 6) is -1.65. The van der Waals surface area contributed by atoms with Crippen molar-refractivity contribution in [1.82, 2.24) is 0 Å². The highest BCUT2D eigenvalue weighted by Crippen LogP contribution is 2.23. The second-order valence-corrected chi connectivity index (χ2v) is 8.31. The predicted octanol–water partition coefficient (Wildman–Crippen LogP) is 5.23. The minimum absolute atomic E-state index is 0.128. The quantitative estimate of drug-likeness (QED) is 0.461. The predicted molar refractivity (Wildman–Crippen MR) is 115 cm³/mol. The van der Waals surface area contributed by atoms with Crippen LogP contribution in [-0.4, -0.2) is 13.5 Å². The van der Waals surface area contributed by atoms with E-state index in [1.54, 1.807) is 24.3 Å². The average molecular weight is 454 g/mol. The van der Waals surface area contributed by atoms with Crippen molar-refractivity contribution < 1.29 is 17.2 Å². The lowest BCUT2D eigenvalue weighted by atomic mass is 10.3. The van der Waals surface area contributed by atoms with Crippen LogP contribution in [0.1, 0.15) is 0 Å². The lowest BCUT2D eigenvalue weighted by Gasteiger charge is -2.13. The molecule has 0 saturated heterocycles. The van der Waals surface area contributed by atoms with Crippen molar-refractivity contribution in [3.05, 3.63) is 83.4 Å². The second kappa shape index (κ2) is 8.73. The van der Waals surface area contributed by atoms with Crippen LogP contribution >= 0.6 is 23.8 Å². The lowest BCUT2D eigenvalue weighted by molar-refractivity contribution is 0.594. The number of nitrogens with one attached hydrogen (secondary N) is 3.